The van der Waals surface area contributed by atoms with Crippen LogP contribution in [0.5, 0.6) is 5.75 Å². The second-order valence-electron chi connectivity index (χ2n) is 7.68. The smallest absolute Gasteiger partial charge is 0.265 e. The van der Waals surface area contributed by atoms with E-state index in [1.54, 1.807) is 0 Å². The number of benzene rings is 1. The molecule has 1 aliphatic carbocycles. The van der Waals surface area contributed by atoms with E-state index in [1.807, 2.05) is 43.0 Å². The summed E-state index contributed by atoms with van der Waals surface area (Å²) in [6, 6.07) is 7.73. The van der Waals surface area contributed by atoms with Gasteiger partial charge in [0.2, 0.25) is 11.7 Å². The molecule has 0 N–H and O–H groups in total. The average molecular weight is 410 g/mol. The molecule has 1 saturated carbocycles. The van der Waals surface area contributed by atoms with Gasteiger partial charge in [0.1, 0.15) is 16.7 Å². The van der Waals surface area contributed by atoms with Crippen LogP contribution in [-0.2, 0) is 0 Å². The molecule has 1 aliphatic heterocycles. The molecular formula is C21H22N4O3S. The minimum Gasteiger partial charge on any atom is -0.489 e. The van der Waals surface area contributed by atoms with Gasteiger partial charge >= 0.3 is 0 Å². The van der Waals surface area contributed by atoms with Crippen LogP contribution in [0.15, 0.2) is 28.8 Å². The van der Waals surface area contributed by atoms with Crippen LogP contribution < -0.4 is 4.74 Å². The van der Waals surface area contributed by atoms with Crippen molar-refractivity contribution in [1.29, 1.82) is 0 Å². The zero-order chi connectivity index (χ0) is 20.0. The third kappa shape index (κ3) is 3.76. The Hall–Kier alpha value is -2.74. The van der Waals surface area contributed by atoms with Crippen molar-refractivity contribution in [2.45, 2.75) is 45.1 Å². The molecule has 5 rings (SSSR count). The standard InChI is InChI=1S/C21H22N4O3S/c1-12-18(29-13(2)22-12)21(26)25-10-9-17(11-25)27-16-7-5-14(6-8-16)19-23-20(28-24-19)15-3-4-15/h5-8,15,17H,3-4,9-11H2,1-2H3. The molecule has 7 nitrogen and oxygen atoms in total. The van der Waals surface area contributed by atoms with Crippen LogP contribution in [0.3, 0.4) is 0 Å². The van der Waals surface area contributed by atoms with Crippen molar-refractivity contribution in [2.75, 3.05) is 13.1 Å². The Balaban J connectivity index is 1.20. The molecule has 8 heteroatoms. The molecule has 1 unspecified atom stereocenters. The molecule has 1 aromatic carbocycles. The third-order valence-electron chi connectivity index (χ3n) is 5.31. The van der Waals surface area contributed by atoms with Gasteiger partial charge < -0.3 is 14.2 Å². The van der Waals surface area contributed by atoms with E-state index in [0.29, 0.717) is 24.8 Å². The fourth-order valence-corrected chi connectivity index (χ4v) is 4.49. The van der Waals surface area contributed by atoms with E-state index in [1.165, 1.54) is 11.3 Å². The number of nitrogens with zero attached hydrogens (tertiary/aromatic N) is 4. The molecule has 0 bridgehead atoms. The third-order valence-corrected chi connectivity index (χ3v) is 6.37. The summed E-state index contributed by atoms with van der Waals surface area (Å²) in [6.07, 6.45) is 3.08. The monoisotopic (exact) mass is 410 g/mol. The SMILES string of the molecule is Cc1nc(C)c(C(=O)N2CCC(Oc3ccc(-c4noc(C5CC5)n4)cc3)C2)s1. The maximum atomic E-state index is 12.8. The highest BCUT2D eigenvalue weighted by Gasteiger charge is 2.31. The zero-order valence-electron chi connectivity index (χ0n) is 16.4. The quantitative estimate of drug-likeness (QED) is 0.633. The highest BCUT2D eigenvalue weighted by molar-refractivity contribution is 7.13. The summed E-state index contributed by atoms with van der Waals surface area (Å²) in [5.41, 5.74) is 1.72. The minimum atomic E-state index is -0.00855. The summed E-state index contributed by atoms with van der Waals surface area (Å²) in [6.45, 7) is 5.10. The number of carbonyl (C=O) groups is 1. The van der Waals surface area contributed by atoms with E-state index in [9.17, 15) is 4.79 Å². The number of aromatic nitrogens is 3. The van der Waals surface area contributed by atoms with E-state index < -0.39 is 0 Å². The van der Waals surface area contributed by atoms with E-state index >= 15 is 0 Å². The van der Waals surface area contributed by atoms with Crippen LogP contribution in [0.2, 0.25) is 0 Å². The lowest BCUT2D eigenvalue weighted by Crippen LogP contribution is -2.30. The predicted molar refractivity (Wildman–Crippen MR) is 108 cm³/mol. The first-order valence-corrected chi connectivity index (χ1v) is 10.7. The van der Waals surface area contributed by atoms with Crippen molar-refractivity contribution >= 4 is 17.2 Å². The summed E-state index contributed by atoms with van der Waals surface area (Å²) in [5, 5.41) is 4.99. The second kappa shape index (κ2) is 7.26. The summed E-state index contributed by atoms with van der Waals surface area (Å²) < 4.78 is 11.4. The maximum Gasteiger partial charge on any atom is 0.265 e. The summed E-state index contributed by atoms with van der Waals surface area (Å²) >= 11 is 1.46. The van der Waals surface area contributed by atoms with Crippen LogP contribution in [0.4, 0.5) is 0 Å². The van der Waals surface area contributed by atoms with Crippen molar-refractivity contribution in [3.05, 3.63) is 45.7 Å². The van der Waals surface area contributed by atoms with Gasteiger partial charge in [0.05, 0.1) is 17.2 Å². The predicted octanol–water partition coefficient (Wildman–Crippen LogP) is 3.98. The van der Waals surface area contributed by atoms with Gasteiger partial charge in [-0.3, -0.25) is 4.79 Å². The highest BCUT2D eigenvalue weighted by atomic mass is 32.1. The number of aryl methyl sites for hydroxylation is 2. The molecular weight excluding hydrogens is 388 g/mol. The first kappa shape index (κ1) is 18.3. The van der Waals surface area contributed by atoms with Gasteiger partial charge in [-0.1, -0.05) is 5.16 Å². The van der Waals surface area contributed by atoms with Crippen molar-refractivity contribution in [3.63, 3.8) is 0 Å². The summed E-state index contributed by atoms with van der Waals surface area (Å²) in [5.74, 6) is 2.64. The lowest BCUT2D eigenvalue weighted by Gasteiger charge is -2.17. The van der Waals surface area contributed by atoms with E-state index in [-0.39, 0.29) is 12.0 Å². The Morgan fingerprint density at radius 3 is 2.66 bits per heavy atom. The Labute approximate surface area is 172 Å². The van der Waals surface area contributed by atoms with Crippen molar-refractivity contribution in [2.24, 2.45) is 0 Å². The Morgan fingerprint density at radius 1 is 1.17 bits per heavy atom. The summed E-state index contributed by atoms with van der Waals surface area (Å²) in [7, 11) is 0. The normalized spacial score (nSPS) is 19.0. The Kier molecular flexibility index (Phi) is 4.58. The largest absolute Gasteiger partial charge is 0.489 e. The molecule has 150 valence electrons. The van der Waals surface area contributed by atoms with E-state index in [0.717, 1.165) is 52.0 Å². The lowest BCUT2D eigenvalue weighted by molar-refractivity contribution is 0.0776. The molecule has 1 saturated heterocycles. The van der Waals surface area contributed by atoms with Gasteiger partial charge in [-0.05, 0) is 51.0 Å². The molecule has 0 spiro atoms. The number of thiazole rings is 1. The fraction of sp³-hybridized carbons (Fsp3) is 0.429. The number of rotatable bonds is 5. The van der Waals surface area contributed by atoms with Crippen LogP contribution in [0.25, 0.3) is 11.4 Å². The molecule has 0 radical (unpaired) electrons. The molecule has 2 aromatic heterocycles. The van der Waals surface area contributed by atoms with Crippen LogP contribution in [-0.4, -0.2) is 45.1 Å². The number of likely N-dealkylation sites (tertiary alicyclic amines) is 1. The molecule has 3 aromatic rings. The lowest BCUT2D eigenvalue weighted by atomic mass is 10.2. The van der Waals surface area contributed by atoms with E-state index in [2.05, 4.69) is 15.1 Å². The van der Waals surface area contributed by atoms with Gasteiger partial charge in [-0.25, -0.2) is 4.98 Å². The van der Waals surface area contributed by atoms with Crippen molar-refractivity contribution in [1.82, 2.24) is 20.0 Å². The van der Waals surface area contributed by atoms with Gasteiger partial charge in [0.25, 0.3) is 5.91 Å². The first-order chi connectivity index (χ1) is 14.1. The fourth-order valence-electron chi connectivity index (χ4n) is 3.61. The minimum absolute atomic E-state index is 0.00855. The maximum absolute atomic E-state index is 12.8. The molecule has 3 heterocycles. The number of amides is 1. The number of hydrogen-bond acceptors (Lipinski definition) is 7. The average Bonchev–Trinajstić information content (AvgIpc) is 3.12. The number of ether oxygens (including phenoxy) is 1. The van der Waals surface area contributed by atoms with Crippen LogP contribution in [0, 0.1) is 13.8 Å². The molecule has 2 aliphatic rings. The second-order valence-corrected chi connectivity index (χ2v) is 8.89. The molecule has 29 heavy (non-hydrogen) atoms. The number of hydrogen-bond donors (Lipinski definition) is 0. The zero-order valence-corrected chi connectivity index (χ0v) is 17.2. The van der Waals surface area contributed by atoms with Gasteiger partial charge in [-0.2, -0.15) is 4.98 Å². The Morgan fingerprint density at radius 2 is 1.97 bits per heavy atom. The van der Waals surface area contributed by atoms with Gasteiger partial charge in [0, 0.05) is 24.4 Å². The van der Waals surface area contributed by atoms with Gasteiger partial charge in [0.15, 0.2) is 0 Å². The van der Waals surface area contributed by atoms with Crippen molar-refractivity contribution in [3.8, 4) is 17.1 Å². The molecule has 2 fully saturated rings. The molecule has 1 atom stereocenters. The van der Waals surface area contributed by atoms with Crippen LogP contribution >= 0.6 is 11.3 Å². The first-order valence-electron chi connectivity index (χ1n) is 9.91. The summed E-state index contributed by atoms with van der Waals surface area (Å²) in [4.78, 5) is 24.2. The number of carbonyl (C=O) groups excluding carboxylic acids is 1. The topological polar surface area (TPSA) is 81.4 Å². The van der Waals surface area contributed by atoms with E-state index in [4.69, 9.17) is 9.26 Å². The molecule has 1 amide bonds. The Bertz CT molecular complexity index is 1040. The van der Waals surface area contributed by atoms with Crippen molar-refractivity contribution < 1.29 is 14.1 Å². The highest BCUT2D eigenvalue weighted by Crippen LogP contribution is 2.39. The van der Waals surface area contributed by atoms with Gasteiger partial charge in [-0.15, -0.1) is 11.3 Å². The van der Waals surface area contributed by atoms with Crippen LogP contribution in [0.1, 0.15) is 51.4 Å².